The number of nitrogens with one attached hydrogen (secondary N) is 4. The molecule has 2 atom stereocenters. The molecule has 4 rings (SSSR count). The number of ketones is 1. The van der Waals surface area contributed by atoms with Crippen molar-refractivity contribution in [3.8, 4) is 0 Å². The SMILES string of the molecule is CC(=N)NC(=O)Nc1ccc2c(c1)c(C(C)=O)cn2CC(=O)N1C[C@H](F)C[C@H]1C(=O)NCc1cccc(Cl)c1F. The summed E-state index contributed by atoms with van der Waals surface area (Å²) < 4.78 is 30.1. The Morgan fingerprint density at radius 3 is 2.60 bits per heavy atom. The normalized spacial score (nSPS) is 16.6. The number of benzene rings is 2. The number of fused-ring (bicyclic) bond motifs is 1. The van der Waals surface area contributed by atoms with Crippen LogP contribution in [0.3, 0.4) is 0 Å². The highest BCUT2D eigenvalue weighted by molar-refractivity contribution is 6.30. The number of Topliss-reactive ketones (excluding diaryl/α,β-unsaturated/α-hetero) is 1. The maximum absolute atomic E-state index is 14.4. The van der Waals surface area contributed by atoms with Crippen LogP contribution in [0.25, 0.3) is 10.9 Å². The number of alkyl halides is 1. The highest BCUT2D eigenvalue weighted by Gasteiger charge is 2.39. The van der Waals surface area contributed by atoms with Crippen LogP contribution in [0.1, 0.15) is 36.2 Å². The van der Waals surface area contributed by atoms with Gasteiger partial charge in [-0.2, -0.15) is 0 Å². The van der Waals surface area contributed by atoms with Crippen LogP contribution >= 0.6 is 11.6 Å². The number of urea groups is 1. The highest BCUT2D eigenvalue weighted by atomic mass is 35.5. The second-order valence-corrected chi connectivity index (χ2v) is 9.90. The topological polar surface area (TPSA) is 136 Å². The number of carbonyl (C=O) groups is 4. The molecule has 2 aromatic carbocycles. The van der Waals surface area contributed by atoms with E-state index in [1.54, 1.807) is 18.2 Å². The minimum absolute atomic E-state index is 0.0475. The number of carbonyl (C=O) groups excluding carboxylic acids is 4. The molecule has 0 unspecified atom stereocenters. The van der Waals surface area contributed by atoms with Crippen molar-refractivity contribution in [2.24, 2.45) is 0 Å². The Morgan fingerprint density at radius 2 is 1.90 bits per heavy atom. The Labute approximate surface area is 233 Å². The van der Waals surface area contributed by atoms with Gasteiger partial charge in [-0.25, -0.2) is 13.6 Å². The van der Waals surface area contributed by atoms with Crippen LogP contribution in [0.2, 0.25) is 5.02 Å². The van der Waals surface area contributed by atoms with Gasteiger partial charge in [-0.3, -0.25) is 25.1 Å². The zero-order chi connectivity index (χ0) is 29.1. The first kappa shape index (κ1) is 28.7. The summed E-state index contributed by atoms with van der Waals surface area (Å²) in [5.41, 5.74) is 1.34. The lowest BCUT2D eigenvalue weighted by Crippen LogP contribution is -2.46. The van der Waals surface area contributed by atoms with Crippen molar-refractivity contribution in [2.75, 3.05) is 11.9 Å². The van der Waals surface area contributed by atoms with Gasteiger partial charge in [0.1, 0.15) is 24.6 Å². The molecule has 0 bridgehead atoms. The molecule has 40 heavy (non-hydrogen) atoms. The lowest BCUT2D eigenvalue weighted by atomic mass is 10.1. The molecule has 1 aliphatic heterocycles. The number of aromatic nitrogens is 1. The van der Waals surface area contributed by atoms with Crippen LogP contribution in [0, 0.1) is 11.2 Å². The molecule has 4 N–H and O–H groups in total. The third kappa shape index (κ3) is 6.28. The van der Waals surface area contributed by atoms with Crippen molar-refractivity contribution in [2.45, 2.75) is 45.6 Å². The minimum Gasteiger partial charge on any atom is -0.350 e. The van der Waals surface area contributed by atoms with Crippen LogP contribution in [0.15, 0.2) is 42.6 Å². The van der Waals surface area contributed by atoms with Crippen molar-refractivity contribution in [3.05, 3.63) is 64.6 Å². The van der Waals surface area contributed by atoms with Gasteiger partial charge in [-0.05, 0) is 38.1 Å². The molecule has 210 valence electrons. The lowest BCUT2D eigenvalue weighted by Gasteiger charge is -2.24. The molecule has 4 amide bonds. The van der Waals surface area contributed by atoms with Gasteiger partial charge in [-0.1, -0.05) is 23.7 Å². The summed E-state index contributed by atoms with van der Waals surface area (Å²) in [5, 5.41) is 15.2. The Kier molecular flexibility index (Phi) is 8.48. The smallest absolute Gasteiger partial charge is 0.324 e. The number of rotatable bonds is 7. The van der Waals surface area contributed by atoms with E-state index >= 15 is 0 Å². The van der Waals surface area contributed by atoms with Crippen LogP contribution in [-0.2, 0) is 22.7 Å². The van der Waals surface area contributed by atoms with Crippen LogP contribution < -0.4 is 16.0 Å². The van der Waals surface area contributed by atoms with E-state index in [2.05, 4.69) is 16.0 Å². The van der Waals surface area contributed by atoms with E-state index in [4.69, 9.17) is 17.0 Å². The second-order valence-electron chi connectivity index (χ2n) is 9.49. The quantitative estimate of drug-likeness (QED) is 0.193. The van der Waals surface area contributed by atoms with Gasteiger partial charge < -0.3 is 20.1 Å². The first-order chi connectivity index (χ1) is 18.9. The number of nitrogens with zero attached hydrogens (tertiary/aromatic N) is 2. The molecular formula is C27H27ClF2N6O4. The molecule has 3 aromatic rings. The van der Waals surface area contributed by atoms with E-state index in [9.17, 15) is 28.0 Å². The molecule has 1 aliphatic rings. The number of hydrogen-bond acceptors (Lipinski definition) is 5. The number of amides is 4. The van der Waals surface area contributed by atoms with Crippen molar-refractivity contribution in [3.63, 3.8) is 0 Å². The van der Waals surface area contributed by atoms with Crippen molar-refractivity contribution >= 4 is 57.7 Å². The van der Waals surface area contributed by atoms with E-state index in [0.29, 0.717) is 22.2 Å². The summed E-state index contributed by atoms with van der Waals surface area (Å²) in [7, 11) is 0. The maximum Gasteiger partial charge on any atom is 0.324 e. The standard InChI is InChI=1S/C27H27ClF2N6O4/c1-14(37)20-12-35(22-7-6-18(9-19(20)22)34-27(40)33-15(2)31)13-24(38)36-11-17(29)8-23(36)26(39)32-10-16-4-3-5-21(28)25(16)30/h3-7,9,12,17,23H,8,10-11,13H2,1-2H3,(H,32,39)(H3,31,33,34,40)/t17-,23+/m1/s1. The molecule has 0 spiro atoms. The van der Waals surface area contributed by atoms with E-state index in [1.165, 1.54) is 42.8 Å². The van der Waals surface area contributed by atoms with E-state index in [1.807, 2.05) is 0 Å². The predicted molar refractivity (Wildman–Crippen MR) is 146 cm³/mol. The Bertz CT molecular complexity index is 1520. The number of likely N-dealkylation sites (tertiary alicyclic amines) is 1. The van der Waals surface area contributed by atoms with Gasteiger partial charge in [-0.15, -0.1) is 0 Å². The van der Waals surface area contributed by atoms with Gasteiger partial charge >= 0.3 is 6.03 Å². The maximum atomic E-state index is 14.4. The molecule has 0 saturated carbocycles. The van der Waals surface area contributed by atoms with Gasteiger partial charge in [0.25, 0.3) is 0 Å². The van der Waals surface area contributed by atoms with Crippen molar-refractivity contribution < 1.29 is 28.0 Å². The zero-order valence-electron chi connectivity index (χ0n) is 21.7. The molecular weight excluding hydrogens is 546 g/mol. The number of anilines is 1. The highest BCUT2D eigenvalue weighted by Crippen LogP contribution is 2.27. The molecule has 1 aromatic heterocycles. The zero-order valence-corrected chi connectivity index (χ0v) is 22.4. The van der Waals surface area contributed by atoms with Crippen LogP contribution in [-0.4, -0.2) is 57.7 Å². The lowest BCUT2D eigenvalue weighted by molar-refractivity contribution is -0.139. The van der Waals surface area contributed by atoms with Crippen LogP contribution in [0.5, 0.6) is 0 Å². The first-order valence-corrected chi connectivity index (χ1v) is 12.7. The summed E-state index contributed by atoms with van der Waals surface area (Å²) in [4.78, 5) is 51.6. The van der Waals surface area contributed by atoms with Crippen LogP contribution in [0.4, 0.5) is 19.3 Å². The summed E-state index contributed by atoms with van der Waals surface area (Å²) in [6, 6.07) is 7.43. The fourth-order valence-electron chi connectivity index (χ4n) is 4.65. The molecule has 2 heterocycles. The molecule has 1 fully saturated rings. The number of amidine groups is 1. The van der Waals surface area contributed by atoms with E-state index in [0.717, 1.165) is 4.90 Å². The number of hydrogen-bond donors (Lipinski definition) is 4. The predicted octanol–water partition coefficient (Wildman–Crippen LogP) is 4.01. The summed E-state index contributed by atoms with van der Waals surface area (Å²) in [6.07, 6.45) is -0.120. The molecule has 0 radical (unpaired) electrons. The second kappa shape index (κ2) is 11.8. The molecule has 10 nitrogen and oxygen atoms in total. The largest absolute Gasteiger partial charge is 0.350 e. The summed E-state index contributed by atoms with van der Waals surface area (Å²) in [6.45, 7) is 2.04. The first-order valence-electron chi connectivity index (χ1n) is 12.4. The number of halogens is 3. The van der Waals surface area contributed by atoms with E-state index in [-0.39, 0.29) is 48.3 Å². The van der Waals surface area contributed by atoms with Crippen molar-refractivity contribution in [1.82, 2.24) is 20.1 Å². The summed E-state index contributed by atoms with van der Waals surface area (Å²) >= 11 is 5.79. The molecule has 0 aliphatic carbocycles. The monoisotopic (exact) mass is 572 g/mol. The summed E-state index contributed by atoms with van der Waals surface area (Å²) in [5.74, 6) is -2.15. The minimum atomic E-state index is -1.42. The molecule has 1 saturated heterocycles. The van der Waals surface area contributed by atoms with Gasteiger partial charge in [0.15, 0.2) is 5.78 Å². The van der Waals surface area contributed by atoms with Gasteiger partial charge in [0.2, 0.25) is 11.8 Å². The average molecular weight is 573 g/mol. The fourth-order valence-corrected chi connectivity index (χ4v) is 4.84. The van der Waals surface area contributed by atoms with Crippen molar-refractivity contribution in [1.29, 1.82) is 5.41 Å². The Hall–Kier alpha value is -4.32. The third-order valence-corrected chi connectivity index (χ3v) is 6.77. The molecule has 13 heteroatoms. The van der Waals surface area contributed by atoms with Gasteiger partial charge in [0.05, 0.1) is 17.4 Å². The Balaban J connectivity index is 1.52. The average Bonchev–Trinajstić information content (AvgIpc) is 3.45. The third-order valence-electron chi connectivity index (χ3n) is 6.48. The van der Waals surface area contributed by atoms with Gasteiger partial charge in [0, 0.05) is 46.9 Å². The van der Waals surface area contributed by atoms with E-state index < -0.39 is 35.9 Å². The fraction of sp³-hybridized carbons (Fsp3) is 0.296. The Morgan fingerprint density at radius 1 is 1.15 bits per heavy atom.